The Bertz CT molecular complexity index is 701. The first-order valence-corrected chi connectivity index (χ1v) is 6.22. The average molecular weight is 263 g/mol. The zero-order valence-electron chi connectivity index (χ0n) is 8.63. The Morgan fingerprint density at radius 2 is 2.18 bits per heavy atom. The SMILES string of the molecule is O=Cc1c(-c2ccccc2Cl)nc2sccn12. The van der Waals surface area contributed by atoms with Gasteiger partial charge < -0.3 is 0 Å². The normalized spacial score (nSPS) is 10.9. The van der Waals surface area contributed by atoms with Crippen molar-refractivity contribution in [2.45, 2.75) is 0 Å². The van der Waals surface area contributed by atoms with E-state index in [-0.39, 0.29) is 0 Å². The van der Waals surface area contributed by atoms with E-state index in [1.807, 2.05) is 29.8 Å². The highest BCUT2D eigenvalue weighted by atomic mass is 35.5. The number of nitrogens with zero attached hydrogens (tertiary/aromatic N) is 2. The summed E-state index contributed by atoms with van der Waals surface area (Å²) in [5, 5.41) is 2.49. The molecule has 0 amide bonds. The van der Waals surface area contributed by atoms with Crippen molar-refractivity contribution in [2.75, 3.05) is 0 Å². The molecule has 0 aliphatic heterocycles. The minimum absolute atomic E-state index is 0.536. The van der Waals surface area contributed by atoms with Crippen molar-refractivity contribution in [1.82, 2.24) is 9.38 Å². The predicted octanol–water partition coefficient (Wildman–Crippen LogP) is 3.53. The summed E-state index contributed by atoms with van der Waals surface area (Å²) in [6, 6.07) is 7.38. The van der Waals surface area contributed by atoms with Crippen LogP contribution in [0.15, 0.2) is 35.8 Å². The molecule has 5 heteroatoms. The van der Waals surface area contributed by atoms with Crippen LogP contribution >= 0.6 is 22.9 Å². The molecule has 2 heterocycles. The van der Waals surface area contributed by atoms with Crippen molar-refractivity contribution in [2.24, 2.45) is 0 Å². The van der Waals surface area contributed by atoms with Crippen LogP contribution in [0.4, 0.5) is 0 Å². The van der Waals surface area contributed by atoms with Crippen molar-refractivity contribution in [3.63, 3.8) is 0 Å². The summed E-state index contributed by atoms with van der Waals surface area (Å²) >= 11 is 7.61. The largest absolute Gasteiger partial charge is 0.296 e. The van der Waals surface area contributed by atoms with Crippen LogP contribution in [0.25, 0.3) is 16.2 Å². The Labute approximate surface area is 106 Å². The van der Waals surface area contributed by atoms with Crippen LogP contribution < -0.4 is 0 Å². The Hall–Kier alpha value is -1.65. The quantitative estimate of drug-likeness (QED) is 0.662. The number of thiazole rings is 1. The highest BCUT2D eigenvalue weighted by Crippen LogP contribution is 2.30. The van der Waals surface area contributed by atoms with Gasteiger partial charge in [-0.3, -0.25) is 9.20 Å². The van der Waals surface area contributed by atoms with E-state index in [1.165, 1.54) is 11.3 Å². The number of carbonyl (C=O) groups is 1. The summed E-state index contributed by atoms with van der Waals surface area (Å²) < 4.78 is 1.77. The van der Waals surface area contributed by atoms with Crippen molar-refractivity contribution < 1.29 is 4.79 Å². The lowest BCUT2D eigenvalue weighted by Gasteiger charge is -2.00. The standard InChI is InChI=1S/C12H7ClN2OS/c13-9-4-2-1-3-8(9)11-10(7-16)15-5-6-17-12(15)14-11/h1-7H. The number of hydrogen-bond acceptors (Lipinski definition) is 3. The lowest BCUT2D eigenvalue weighted by Crippen LogP contribution is -1.90. The number of aromatic nitrogens is 2. The first kappa shape index (κ1) is 10.5. The summed E-state index contributed by atoms with van der Waals surface area (Å²) in [5.41, 5.74) is 1.96. The molecule has 3 rings (SSSR count). The van der Waals surface area contributed by atoms with E-state index in [9.17, 15) is 4.79 Å². The van der Waals surface area contributed by atoms with E-state index < -0.39 is 0 Å². The van der Waals surface area contributed by atoms with Crippen molar-refractivity contribution in [3.8, 4) is 11.3 Å². The van der Waals surface area contributed by atoms with Gasteiger partial charge in [-0.25, -0.2) is 4.98 Å². The van der Waals surface area contributed by atoms with E-state index in [4.69, 9.17) is 11.6 Å². The number of hydrogen-bond donors (Lipinski definition) is 0. The van der Waals surface area contributed by atoms with Crippen LogP contribution in [0.5, 0.6) is 0 Å². The summed E-state index contributed by atoms with van der Waals surface area (Å²) in [7, 11) is 0. The zero-order chi connectivity index (χ0) is 11.8. The lowest BCUT2D eigenvalue weighted by atomic mass is 10.1. The van der Waals surface area contributed by atoms with Gasteiger partial charge in [-0.05, 0) is 6.07 Å². The zero-order valence-corrected chi connectivity index (χ0v) is 10.2. The average Bonchev–Trinajstić information content (AvgIpc) is 2.89. The molecule has 0 saturated carbocycles. The Kier molecular flexibility index (Phi) is 2.46. The molecule has 84 valence electrons. The van der Waals surface area contributed by atoms with Crippen LogP contribution in [0.1, 0.15) is 10.5 Å². The number of carbonyl (C=O) groups excluding carboxylic acids is 1. The highest BCUT2D eigenvalue weighted by Gasteiger charge is 2.15. The van der Waals surface area contributed by atoms with E-state index >= 15 is 0 Å². The molecule has 0 bridgehead atoms. The van der Waals surface area contributed by atoms with Crippen molar-refractivity contribution in [3.05, 3.63) is 46.6 Å². The second-order valence-electron chi connectivity index (χ2n) is 3.50. The maximum absolute atomic E-state index is 11.2. The van der Waals surface area contributed by atoms with Crippen LogP contribution in [0.3, 0.4) is 0 Å². The third-order valence-corrected chi connectivity index (χ3v) is 3.63. The third-order valence-electron chi connectivity index (χ3n) is 2.54. The van der Waals surface area contributed by atoms with Gasteiger partial charge in [0.15, 0.2) is 11.2 Å². The maximum Gasteiger partial charge on any atom is 0.194 e. The predicted molar refractivity (Wildman–Crippen MR) is 68.9 cm³/mol. The lowest BCUT2D eigenvalue weighted by molar-refractivity contribution is 0.111. The van der Waals surface area contributed by atoms with Gasteiger partial charge in [0.25, 0.3) is 0 Å². The second-order valence-corrected chi connectivity index (χ2v) is 4.78. The minimum atomic E-state index is 0.536. The van der Waals surface area contributed by atoms with Gasteiger partial charge in [-0.2, -0.15) is 0 Å². The summed E-state index contributed by atoms with van der Waals surface area (Å²) in [4.78, 5) is 16.4. The van der Waals surface area contributed by atoms with Crippen LogP contribution in [0, 0.1) is 0 Å². The first-order chi connectivity index (χ1) is 8.31. The molecule has 0 unspecified atom stereocenters. The molecule has 0 N–H and O–H groups in total. The first-order valence-electron chi connectivity index (χ1n) is 4.97. The number of imidazole rings is 1. The molecule has 3 nitrogen and oxygen atoms in total. The molecule has 0 aliphatic rings. The molecule has 0 saturated heterocycles. The third kappa shape index (κ3) is 1.57. The second kappa shape index (κ2) is 3.98. The van der Waals surface area contributed by atoms with Crippen molar-refractivity contribution >= 4 is 34.2 Å². The molecule has 0 spiro atoms. The monoisotopic (exact) mass is 262 g/mol. The maximum atomic E-state index is 11.2. The van der Waals surface area contributed by atoms with Gasteiger partial charge in [-0.15, -0.1) is 11.3 Å². The van der Waals surface area contributed by atoms with Crippen LogP contribution in [0.2, 0.25) is 5.02 Å². The Morgan fingerprint density at radius 3 is 2.94 bits per heavy atom. The van der Waals surface area contributed by atoms with Crippen LogP contribution in [-0.4, -0.2) is 15.7 Å². The van der Waals surface area contributed by atoms with Gasteiger partial charge in [0.05, 0.1) is 5.02 Å². The Balaban J connectivity index is 2.34. The van der Waals surface area contributed by atoms with Gasteiger partial charge >= 0.3 is 0 Å². The molecule has 0 radical (unpaired) electrons. The summed E-state index contributed by atoms with van der Waals surface area (Å²) in [6.45, 7) is 0. The smallest absolute Gasteiger partial charge is 0.194 e. The van der Waals surface area contributed by atoms with E-state index in [0.29, 0.717) is 16.4 Å². The molecular weight excluding hydrogens is 256 g/mol. The highest BCUT2D eigenvalue weighted by molar-refractivity contribution is 7.15. The van der Waals surface area contributed by atoms with Crippen molar-refractivity contribution in [1.29, 1.82) is 0 Å². The fourth-order valence-electron chi connectivity index (χ4n) is 1.77. The molecular formula is C12H7ClN2OS. The fourth-order valence-corrected chi connectivity index (χ4v) is 2.71. The molecule has 0 aliphatic carbocycles. The number of benzene rings is 1. The molecule has 0 atom stereocenters. The molecule has 3 aromatic rings. The number of aldehydes is 1. The van der Waals surface area contributed by atoms with Gasteiger partial charge in [0.1, 0.15) is 11.4 Å². The molecule has 2 aromatic heterocycles. The van der Waals surface area contributed by atoms with E-state index in [1.54, 1.807) is 10.5 Å². The molecule has 0 fully saturated rings. The van der Waals surface area contributed by atoms with Gasteiger partial charge in [0.2, 0.25) is 0 Å². The van der Waals surface area contributed by atoms with Gasteiger partial charge in [0, 0.05) is 17.1 Å². The topological polar surface area (TPSA) is 34.4 Å². The number of rotatable bonds is 2. The number of fused-ring (bicyclic) bond motifs is 1. The molecule has 17 heavy (non-hydrogen) atoms. The summed E-state index contributed by atoms with van der Waals surface area (Å²) in [5.74, 6) is 0. The Morgan fingerprint density at radius 1 is 1.35 bits per heavy atom. The molecule has 1 aromatic carbocycles. The van der Waals surface area contributed by atoms with E-state index in [2.05, 4.69) is 4.98 Å². The van der Waals surface area contributed by atoms with E-state index in [0.717, 1.165) is 16.8 Å². The van der Waals surface area contributed by atoms with Gasteiger partial charge in [-0.1, -0.05) is 29.8 Å². The van der Waals surface area contributed by atoms with Crippen LogP contribution in [-0.2, 0) is 0 Å². The number of halogens is 1. The summed E-state index contributed by atoms with van der Waals surface area (Å²) in [6.07, 6.45) is 2.64. The minimum Gasteiger partial charge on any atom is -0.296 e. The fraction of sp³-hybridized carbons (Fsp3) is 0.